The molecule has 6 N–H and O–H groups in total. The SMILES string of the molecule is CC(C)(O)C1OC23OC1CC(CO)C2C1(C)CCC24CC25CCC(OC2OCC(O)C(O)C2O)C(C)(C)C5CCC4C1(C)C3O. The number of hydrogen-bond acceptors (Lipinski definition) is 10. The lowest BCUT2D eigenvalue weighted by molar-refractivity contribution is -0.303. The zero-order valence-electron chi connectivity index (χ0n) is 27.8. The van der Waals surface area contributed by atoms with Gasteiger partial charge in [0.2, 0.25) is 0 Å². The molecular formula is C35H56O10. The van der Waals surface area contributed by atoms with Gasteiger partial charge in [0.25, 0.3) is 0 Å². The average molecular weight is 637 g/mol. The molecule has 3 saturated heterocycles. The van der Waals surface area contributed by atoms with Crippen LogP contribution in [-0.4, -0.2) is 104 Å². The van der Waals surface area contributed by atoms with Gasteiger partial charge in [-0.05, 0) is 105 Å². The van der Waals surface area contributed by atoms with Crippen molar-refractivity contribution in [3.8, 4) is 0 Å². The van der Waals surface area contributed by atoms with Gasteiger partial charge in [-0.2, -0.15) is 0 Å². The lowest BCUT2D eigenvalue weighted by atomic mass is 9.41. The van der Waals surface area contributed by atoms with Crippen LogP contribution in [0.25, 0.3) is 0 Å². The summed E-state index contributed by atoms with van der Waals surface area (Å²) in [4.78, 5) is 0. The maximum atomic E-state index is 12.7. The van der Waals surface area contributed by atoms with Gasteiger partial charge in [0.05, 0.1) is 24.4 Å². The van der Waals surface area contributed by atoms with Crippen molar-refractivity contribution in [3.63, 3.8) is 0 Å². The van der Waals surface area contributed by atoms with Gasteiger partial charge in [0.15, 0.2) is 12.1 Å². The first-order valence-corrected chi connectivity index (χ1v) is 17.6. The van der Waals surface area contributed by atoms with Gasteiger partial charge in [-0.1, -0.05) is 27.7 Å². The summed E-state index contributed by atoms with van der Waals surface area (Å²) < 4.78 is 25.7. The summed E-state index contributed by atoms with van der Waals surface area (Å²) in [6, 6.07) is 0. The normalized spacial score (nSPS) is 61.1. The number of ether oxygens (including phenoxy) is 4. The Kier molecular flexibility index (Phi) is 6.67. The van der Waals surface area contributed by atoms with E-state index in [1.807, 2.05) is 0 Å². The molecule has 0 aromatic heterocycles. The predicted molar refractivity (Wildman–Crippen MR) is 160 cm³/mol. The van der Waals surface area contributed by atoms with E-state index in [0.717, 1.165) is 44.9 Å². The van der Waals surface area contributed by atoms with E-state index in [1.54, 1.807) is 13.8 Å². The first-order valence-electron chi connectivity index (χ1n) is 17.6. The Bertz CT molecular complexity index is 1220. The van der Waals surface area contributed by atoms with Crippen molar-refractivity contribution in [1.82, 2.24) is 0 Å². The van der Waals surface area contributed by atoms with E-state index < -0.39 is 53.6 Å². The van der Waals surface area contributed by atoms with Gasteiger partial charge < -0.3 is 49.6 Å². The fraction of sp³-hybridized carbons (Fsp3) is 1.00. The summed E-state index contributed by atoms with van der Waals surface area (Å²) in [6.45, 7) is 12.6. The highest BCUT2D eigenvalue weighted by Gasteiger charge is 2.88. The molecule has 17 unspecified atom stereocenters. The number of rotatable bonds is 4. The molecule has 8 fully saturated rings. The minimum absolute atomic E-state index is 0.0133. The third-order valence-electron chi connectivity index (χ3n) is 15.9. The molecule has 5 saturated carbocycles. The summed E-state index contributed by atoms with van der Waals surface area (Å²) in [5.74, 6) is -0.802. The second-order valence-corrected chi connectivity index (χ2v) is 18.2. The van der Waals surface area contributed by atoms with E-state index in [2.05, 4.69) is 27.7 Å². The van der Waals surface area contributed by atoms with Gasteiger partial charge in [-0.15, -0.1) is 0 Å². The van der Waals surface area contributed by atoms with Crippen LogP contribution < -0.4 is 0 Å². The molecule has 45 heavy (non-hydrogen) atoms. The van der Waals surface area contributed by atoms with E-state index in [9.17, 15) is 30.6 Å². The van der Waals surface area contributed by atoms with E-state index in [-0.39, 0.29) is 64.8 Å². The van der Waals surface area contributed by atoms with E-state index in [1.165, 1.54) is 0 Å². The van der Waals surface area contributed by atoms with Crippen LogP contribution in [0.2, 0.25) is 0 Å². The van der Waals surface area contributed by atoms with Crippen LogP contribution in [0.1, 0.15) is 92.9 Å². The Balaban J connectivity index is 1.11. The molecule has 8 rings (SSSR count). The van der Waals surface area contributed by atoms with Crippen LogP contribution in [0.4, 0.5) is 0 Å². The quantitative estimate of drug-likeness (QED) is 0.253. The third-order valence-corrected chi connectivity index (χ3v) is 15.9. The van der Waals surface area contributed by atoms with Crippen molar-refractivity contribution in [3.05, 3.63) is 0 Å². The van der Waals surface area contributed by atoms with Crippen LogP contribution in [0.15, 0.2) is 0 Å². The molecule has 8 aliphatic rings. The van der Waals surface area contributed by atoms with Crippen LogP contribution in [0, 0.1) is 50.7 Å². The second kappa shape index (κ2) is 9.43. The average Bonchev–Trinajstić information content (AvgIpc) is 3.50. The van der Waals surface area contributed by atoms with Crippen molar-refractivity contribution in [2.75, 3.05) is 13.2 Å². The molecule has 3 aliphatic heterocycles. The summed E-state index contributed by atoms with van der Waals surface area (Å²) in [7, 11) is 0. The number of aliphatic hydroxyl groups is 6. The molecular weight excluding hydrogens is 580 g/mol. The van der Waals surface area contributed by atoms with Crippen LogP contribution >= 0.6 is 0 Å². The fourth-order valence-electron chi connectivity index (χ4n) is 13.9. The minimum Gasteiger partial charge on any atom is -0.396 e. The van der Waals surface area contributed by atoms with Gasteiger partial charge in [0.1, 0.15) is 30.5 Å². The summed E-state index contributed by atoms with van der Waals surface area (Å²) in [5.41, 5.74) is -1.89. The van der Waals surface area contributed by atoms with Gasteiger partial charge in [-0.3, -0.25) is 0 Å². The molecule has 17 atom stereocenters. The Labute approximate surface area is 266 Å². The van der Waals surface area contributed by atoms with Crippen molar-refractivity contribution in [2.45, 2.75) is 153 Å². The van der Waals surface area contributed by atoms with E-state index in [0.29, 0.717) is 12.3 Å². The van der Waals surface area contributed by atoms with Crippen LogP contribution in [0.5, 0.6) is 0 Å². The molecule has 256 valence electrons. The van der Waals surface area contributed by atoms with Crippen molar-refractivity contribution in [1.29, 1.82) is 0 Å². The smallest absolute Gasteiger partial charge is 0.199 e. The molecule has 0 amide bonds. The highest BCUT2D eigenvalue weighted by molar-refractivity contribution is 5.34. The van der Waals surface area contributed by atoms with E-state index >= 15 is 0 Å². The number of aliphatic hydroxyl groups excluding tert-OH is 5. The topological polar surface area (TPSA) is 158 Å². The van der Waals surface area contributed by atoms with Gasteiger partial charge in [0, 0.05) is 17.9 Å². The fourth-order valence-corrected chi connectivity index (χ4v) is 13.9. The molecule has 3 heterocycles. The Morgan fingerprint density at radius 1 is 0.867 bits per heavy atom. The molecule has 10 heteroatoms. The molecule has 5 aliphatic carbocycles. The highest BCUT2D eigenvalue weighted by Crippen LogP contribution is 2.90. The van der Waals surface area contributed by atoms with Crippen LogP contribution in [0.3, 0.4) is 0 Å². The Morgan fingerprint density at radius 3 is 2.24 bits per heavy atom. The Morgan fingerprint density at radius 2 is 1.56 bits per heavy atom. The monoisotopic (exact) mass is 636 g/mol. The van der Waals surface area contributed by atoms with Gasteiger partial charge in [-0.25, -0.2) is 0 Å². The third kappa shape index (κ3) is 3.61. The maximum absolute atomic E-state index is 12.7. The largest absolute Gasteiger partial charge is 0.396 e. The summed E-state index contributed by atoms with van der Waals surface area (Å²) in [6.07, 6.45) is 0.888. The first kappa shape index (κ1) is 31.8. The molecule has 2 bridgehead atoms. The van der Waals surface area contributed by atoms with Crippen molar-refractivity contribution >= 4 is 0 Å². The van der Waals surface area contributed by atoms with Crippen molar-refractivity contribution in [2.24, 2.45) is 50.7 Å². The number of fused-ring (bicyclic) bond motifs is 4. The number of hydrogen-bond donors (Lipinski definition) is 6. The highest BCUT2D eigenvalue weighted by atomic mass is 16.8. The molecule has 0 radical (unpaired) electrons. The first-order chi connectivity index (χ1) is 20.9. The van der Waals surface area contributed by atoms with E-state index in [4.69, 9.17) is 18.9 Å². The zero-order valence-corrected chi connectivity index (χ0v) is 27.8. The minimum atomic E-state index is -1.30. The molecule has 0 aromatic carbocycles. The molecule has 3 spiro atoms. The predicted octanol–water partition coefficient (Wildman–Crippen LogP) is 2.09. The summed E-state index contributed by atoms with van der Waals surface area (Å²) in [5, 5.41) is 65.3. The molecule has 0 aromatic rings. The Hall–Kier alpha value is -0.400. The zero-order chi connectivity index (χ0) is 32.3. The molecule has 10 nitrogen and oxygen atoms in total. The lowest BCUT2D eigenvalue weighted by Gasteiger charge is -2.63. The van der Waals surface area contributed by atoms with Crippen LogP contribution in [-0.2, 0) is 18.9 Å². The van der Waals surface area contributed by atoms with Crippen molar-refractivity contribution < 1.29 is 49.6 Å². The summed E-state index contributed by atoms with van der Waals surface area (Å²) >= 11 is 0. The van der Waals surface area contributed by atoms with Gasteiger partial charge >= 0.3 is 0 Å². The standard InChI is InChI=1S/C35H56O10/c1-29(2)20-7-8-21-32(6)28(40)35-25(17(14-36)13-19(44-35)26(45-35)30(3,4)41)31(32,5)11-12-34(21)16-33(20,34)10-9-22(29)43-27-24(39)23(38)18(37)15-42-27/h17-28,36-41H,7-16H2,1-6H3. The lowest BCUT2D eigenvalue weighted by Crippen LogP contribution is -2.61. The second-order valence-electron chi connectivity index (χ2n) is 18.2. The maximum Gasteiger partial charge on any atom is 0.199 e.